The summed E-state index contributed by atoms with van der Waals surface area (Å²) in [4.78, 5) is 19.6. The Hall–Kier alpha value is -2.95. The zero-order chi connectivity index (χ0) is 20.4. The molecular weight excluding hydrogens is 362 g/mol. The smallest absolute Gasteiger partial charge is 0.227 e. The number of aryl methyl sites for hydroxylation is 3. The predicted molar refractivity (Wildman–Crippen MR) is 112 cm³/mol. The molecule has 1 saturated heterocycles. The highest BCUT2D eigenvalue weighted by molar-refractivity contribution is 5.80. The Labute approximate surface area is 171 Å². The van der Waals surface area contributed by atoms with Gasteiger partial charge in [-0.15, -0.1) is 0 Å². The minimum absolute atomic E-state index is 0.0522. The molecule has 3 aromatic rings. The fraction of sp³-hybridized carbons (Fsp3) is 0.375. The molecule has 0 bridgehead atoms. The van der Waals surface area contributed by atoms with Crippen LogP contribution in [0.1, 0.15) is 58.3 Å². The molecule has 0 N–H and O–H groups in total. The molecule has 0 spiro atoms. The van der Waals surface area contributed by atoms with E-state index in [-0.39, 0.29) is 11.9 Å². The highest BCUT2D eigenvalue weighted by Gasteiger charge is 2.31. The third kappa shape index (κ3) is 4.24. The van der Waals surface area contributed by atoms with Gasteiger partial charge in [0.2, 0.25) is 5.91 Å². The summed E-state index contributed by atoms with van der Waals surface area (Å²) in [5.74, 6) is 0.845. The number of hydrogen-bond donors (Lipinski definition) is 0. The maximum Gasteiger partial charge on any atom is 0.227 e. The molecule has 5 heteroatoms. The summed E-state index contributed by atoms with van der Waals surface area (Å²) in [5.41, 5.74) is 6.41. The molecule has 2 aromatic heterocycles. The number of carbonyl (C=O) groups excluding carboxylic acids is 1. The van der Waals surface area contributed by atoms with Gasteiger partial charge in [0.1, 0.15) is 5.76 Å². The molecule has 0 radical (unpaired) electrons. The quantitative estimate of drug-likeness (QED) is 0.645. The van der Waals surface area contributed by atoms with E-state index in [1.165, 1.54) is 16.7 Å². The van der Waals surface area contributed by atoms with E-state index in [9.17, 15) is 4.79 Å². The van der Waals surface area contributed by atoms with Crippen molar-refractivity contribution < 1.29 is 9.32 Å². The van der Waals surface area contributed by atoms with Crippen molar-refractivity contribution >= 4 is 5.91 Å². The maximum absolute atomic E-state index is 13.0. The van der Waals surface area contributed by atoms with E-state index >= 15 is 0 Å². The van der Waals surface area contributed by atoms with Gasteiger partial charge in [-0.25, -0.2) is 0 Å². The molecule has 0 saturated carbocycles. The van der Waals surface area contributed by atoms with Gasteiger partial charge in [0.05, 0.1) is 23.9 Å². The summed E-state index contributed by atoms with van der Waals surface area (Å²) >= 11 is 0. The van der Waals surface area contributed by atoms with Gasteiger partial charge in [0, 0.05) is 18.3 Å². The molecule has 0 aliphatic carbocycles. The van der Waals surface area contributed by atoms with Crippen LogP contribution >= 0.6 is 0 Å². The molecule has 1 aliphatic rings. The standard InChI is InChI=1S/C24H27N3O2/c1-16-6-8-19(9-7-16)13-20-10-11-22(25-15-20)23-5-4-12-27(23)24(28)14-21-17(2)26-29-18(21)3/h6-11,15,23H,4-5,12-14H2,1-3H3. The average Bonchev–Trinajstić information content (AvgIpc) is 3.33. The first-order valence-electron chi connectivity index (χ1n) is 10.2. The van der Waals surface area contributed by atoms with Gasteiger partial charge in [0.25, 0.3) is 0 Å². The van der Waals surface area contributed by atoms with Crippen molar-refractivity contribution in [2.75, 3.05) is 6.54 Å². The minimum Gasteiger partial charge on any atom is -0.361 e. The van der Waals surface area contributed by atoms with Gasteiger partial charge in [-0.2, -0.15) is 0 Å². The molecule has 1 aliphatic heterocycles. The van der Waals surface area contributed by atoms with Gasteiger partial charge in [-0.3, -0.25) is 9.78 Å². The Morgan fingerprint density at radius 3 is 2.52 bits per heavy atom. The van der Waals surface area contributed by atoms with Gasteiger partial charge >= 0.3 is 0 Å². The van der Waals surface area contributed by atoms with E-state index in [1.807, 2.05) is 24.9 Å². The second-order valence-electron chi connectivity index (χ2n) is 7.98. The van der Waals surface area contributed by atoms with Crippen LogP contribution in [0.5, 0.6) is 0 Å². The zero-order valence-electron chi connectivity index (χ0n) is 17.3. The number of likely N-dealkylation sites (tertiary alicyclic amines) is 1. The van der Waals surface area contributed by atoms with E-state index in [4.69, 9.17) is 9.51 Å². The van der Waals surface area contributed by atoms with Gasteiger partial charge in [-0.05, 0) is 57.2 Å². The number of carbonyl (C=O) groups is 1. The summed E-state index contributed by atoms with van der Waals surface area (Å²) in [7, 11) is 0. The van der Waals surface area contributed by atoms with Crippen molar-refractivity contribution in [1.82, 2.24) is 15.0 Å². The Morgan fingerprint density at radius 2 is 1.86 bits per heavy atom. The Morgan fingerprint density at radius 1 is 1.10 bits per heavy atom. The third-order valence-corrected chi connectivity index (χ3v) is 5.80. The van der Waals surface area contributed by atoms with E-state index in [0.717, 1.165) is 48.5 Å². The lowest BCUT2D eigenvalue weighted by molar-refractivity contribution is -0.131. The monoisotopic (exact) mass is 389 g/mol. The first-order chi connectivity index (χ1) is 14.0. The van der Waals surface area contributed by atoms with Crippen molar-refractivity contribution in [2.24, 2.45) is 0 Å². The summed E-state index contributed by atoms with van der Waals surface area (Å²) in [5, 5.41) is 3.96. The fourth-order valence-electron chi connectivity index (χ4n) is 4.06. The first kappa shape index (κ1) is 19.4. The molecule has 1 amide bonds. The molecule has 1 atom stereocenters. The fourth-order valence-corrected chi connectivity index (χ4v) is 4.06. The average molecular weight is 389 g/mol. The minimum atomic E-state index is 0.0522. The predicted octanol–water partition coefficient (Wildman–Crippen LogP) is 4.49. The van der Waals surface area contributed by atoms with Crippen molar-refractivity contribution in [3.63, 3.8) is 0 Å². The number of rotatable bonds is 5. The number of hydrogen-bond acceptors (Lipinski definition) is 4. The van der Waals surface area contributed by atoms with E-state index in [0.29, 0.717) is 6.42 Å². The van der Waals surface area contributed by atoms with E-state index in [1.54, 1.807) is 0 Å². The van der Waals surface area contributed by atoms with Crippen LogP contribution in [0.15, 0.2) is 47.1 Å². The highest BCUT2D eigenvalue weighted by atomic mass is 16.5. The van der Waals surface area contributed by atoms with Crippen molar-refractivity contribution in [3.05, 3.63) is 82.0 Å². The molecule has 3 heterocycles. The topological polar surface area (TPSA) is 59.2 Å². The van der Waals surface area contributed by atoms with Gasteiger partial charge in [0.15, 0.2) is 0 Å². The zero-order valence-corrected chi connectivity index (χ0v) is 17.3. The molecule has 150 valence electrons. The number of pyridine rings is 1. The van der Waals surface area contributed by atoms with Crippen molar-refractivity contribution in [3.8, 4) is 0 Å². The number of amides is 1. The molecule has 1 fully saturated rings. The summed E-state index contributed by atoms with van der Waals surface area (Å²) < 4.78 is 5.21. The Bertz CT molecular complexity index is 970. The van der Waals surface area contributed by atoms with Crippen LogP contribution in [0.4, 0.5) is 0 Å². The summed E-state index contributed by atoms with van der Waals surface area (Å²) in [6, 6.07) is 12.9. The van der Waals surface area contributed by atoms with Crippen LogP contribution in [-0.2, 0) is 17.6 Å². The second-order valence-corrected chi connectivity index (χ2v) is 7.98. The first-order valence-corrected chi connectivity index (χ1v) is 10.2. The van der Waals surface area contributed by atoms with Crippen LogP contribution in [0, 0.1) is 20.8 Å². The third-order valence-electron chi connectivity index (χ3n) is 5.80. The van der Waals surface area contributed by atoms with Crippen molar-refractivity contribution in [2.45, 2.75) is 52.5 Å². The largest absolute Gasteiger partial charge is 0.361 e. The van der Waals surface area contributed by atoms with Gasteiger partial charge < -0.3 is 9.42 Å². The molecular formula is C24H27N3O2. The molecule has 1 unspecified atom stereocenters. The van der Waals surface area contributed by atoms with Crippen LogP contribution in [0.3, 0.4) is 0 Å². The number of aromatic nitrogens is 2. The van der Waals surface area contributed by atoms with E-state index < -0.39 is 0 Å². The summed E-state index contributed by atoms with van der Waals surface area (Å²) in [6.07, 6.45) is 5.11. The normalized spacial score (nSPS) is 16.4. The maximum atomic E-state index is 13.0. The Balaban J connectivity index is 1.45. The van der Waals surface area contributed by atoms with Crippen LogP contribution < -0.4 is 0 Å². The molecule has 5 nitrogen and oxygen atoms in total. The van der Waals surface area contributed by atoms with Gasteiger partial charge in [-0.1, -0.05) is 41.1 Å². The molecule has 4 rings (SSSR count). The Kier molecular flexibility index (Phi) is 5.47. The lowest BCUT2D eigenvalue weighted by atomic mass is 10.0. The van der Waals surface area contributed by atoms with Crippen molar-refractivity contribution in [1.29, 1.82) is 0 Å². The van der Waals surface area contributed by atoms with Crippen LogP contribution in [0.2, 0.25) is 0 Å². The number of nitrogens with zero attached hydrogens (tertiary/aromatic N) is 3. The second kappa shape index (κ2) is 8.19. The van der Waals surface area contributed by atoms with Crippen LogP contribution in [-0.4, -0.2) is 27.5 Å². The number of benzene rings is 1. The van der Waals surface area contributed by atoms with Crippen LogP contribution in [0.25, 0.3) is 0 Å². The molecule has 29 heavy (non-hydrogen) atoms. The van der Waals surface area contributed by atoms with E-state index in [2.05, 4.69) is 48.5 Å². The lowest BCUT2D eigenvalue weighted by Crippen LogP contribution is -2.32. The summed E-state index contributed by atoms with van der Waals surface area (Å²) in [6.45, 7) is 6.62. The highest BCUT2D eigenvalue weighted by Crippen LogP contribution is 2.32. The molecule has 1 aromatic carbocycles. The SMILES string of the molecule is Cc1ccc(Cc2ccc(C3CCCN3C(=O)Cc3c(C)noc3C)nc2)cc1. The lowest BCUT2D eigenvalue weighted by Gasteiger charge is -2.24.